The van der Waals surface area contributed by atoms with Gasteiger partial charge in [0, 0.05) is 18.2 Å². The zero-order valence-electron chi connectivity index (χ0n) is 16.5. The summed E-state index contributed by atoms with van der Waals surface area (Å²) in [6.07, 6.45) is 9.10. The minimum Gasteiger partial charge on any atom is -0.490 e. The van der Waals surface area contributed by atoms with Crippen molar-refractivity contribution in [3.8, 4) is 5.75 Å². The zero-order chi connectivity index (χ0) is 20.3. The number of nitrogens with one attached hydrogen (secondary N) is 1. The van der Waals surface area contributed by atoms with Gasteiger partial charge in [-0.25, -0.2) is 18.4 Å². The molecular formula is C22H25N3O3S. The highest BCUT2D eigenvalue weighted by Gasteiger charge is 2.15. The maximum Gasteiger partial charge on any atom is 0.175 e. The number of rotatable bonds is 6. The molecule has 0 amide bonds. The molecule has 0 unspecified atom stereocenters. The third kappa shape index (κ3) is 4.85. The van der Waals surface area contributed by atoms with E-state index in [1.54, 1.807) is 18.2 Å². The summed E-state index contributed by atoms with van der Waals surface area (Å²) in [6.45, 7) is 0.568. The van der Waals surface area contributed by atoms with Crippen molar-refractivity contribution in [2.45, 2.75) is 49.6 Å². The van der Waals surface area contributed by atoms with Crippen LogP contribution in [0, 0.1) is 0 Å². The molecule has 3 aromatic rings. The Labute approximate surface area is 171 Å². The second kappa shape index (κ2) is 8.37. The molecule has 6 nitrogen and oxygen atoms in total. The van der Waals surface area contributed by atoms with Crippen molar-refractivity contribution in [3.63, 3.8) is 0 Å². The average Bonchev–Trinajstić information content (AvgIpc) is 2.73. The quantitative estimate of drug-likeness (QED) is 0.649. The number of hydrogen-bond donors (Lipinski definition) is 1. The first kappa shape index (κ1) is 19.6. The normalized spacial score (nSPS) is 15.3. The van der Waals surface area contributed by atoms with E-state index in [-0.39, 0.29) is 4.90 Å². The number of ether oxygens (including phenoxy) is 1. The Morgan fingerprint density at radius 3 is 2.52 bits per heavy atom. The molecule has 1 aliphatic carbocycles. The van der Waals surface area contributed by atoms with Gasteiger partial charge in [0.25, 0.3) is 0 Å². The first-order valence-corrected chi connectivity index (χ1v) is 11.8. The lowest BCUT2D eigenvalue weighted by atomic mass is 9.98. The zero-order valence-corrected chi connectivity index (χ0v) is 17.3. The largest absolute Gasteiger partial charge is 0.490 e. The molecule has 0 atom stereocenters. The number of hydrogen-bond acceptors (Lipinski definition) is 6. The fraction of sp³-hybridized carbons (Fsp3) is 0.364. The van der Waals surface area contributed by atoms with Gasteiger partial charge in [-0.2, -0.15) is 0 Å². The average molecular weight is 412 g/mol. The van der Waals surface area contributed by atoms with Crippen molar-refractivity contribution in [3.05, 3.63) is 54.4 Å². The van der Waals surface area contributed by atoms with Crippen LogP contribution in [0.5, 0.6) is 5.75 Å². The molecule has 1 saturated carbocycles. The number of fused-ring (bicyclic) bond motifs is 1. The molecular weight excluding hydrogens is 386 g/mol. The van der Waals surface area contributed by atoms with Gasteiger partial charge in [0.05, 0.1) is 16.5 Å². The van der Waals surface area contributed by atoms with Crippen LogP contribution in [0.2, 0.25) is 0 Å². The van der Waals surface area contributed by atoms with E-state index in [1.165, 1.54) is 31.8 Å². The first-order valence-electron chi connectivity index (χ1n) is 9.93. The molecule has 4 rings (SSSR count). The topological polar surface area (TPSA) is 81.2 Å². The summed E-state index contributed by atoms with van der Waals surface area (Å²) in [7, 11) is -3.29. The van der Waals surface area contributed by atoms with E-state index in [9.17, 15) is 8.42 Å². The van der Waals surface area contributed by atoms with Crippen LogP contribution in [0.4, 0.5) is 5.82 Å². The van der Waals surface area contributed by atoms with Crippen molar-refractivity contribution >= 4 is 26.6 Å². The molecule has 1 aliphatic rings. The minimum absolute atomic E-state index is 0.257. The van der Waals surface area contributed by atoms with E-state index in [1.807, 2.05) is 24.3 Å². The molecule has 7 heteroatoms. The van der Waals surface area contributed by atoms with Gasteiger partial charge in [-0.3, -0.25) is 0 Å². The monoisotopic (exact) mass is 411 g/mol. The van der Waals surface area contributed by atoms with Crippen LogP contribution in [0.3, 0.4) is 0 Å². The number of benzene rings is 2. The first-order chi connectivity index (χ1) is 14.0. The van der Waals surface area contributed by atoms with E-state index < -0.39 is 9.84 Å². The predicted molar refractivity (Wildman–Crippen MR) is 114 cm³/mol. The molecule has 29 heavy (non-hydrogen) atoms. The van der Waals surface area contributed by atoms with Crippen LogP contribution < -0.4 is 10.1 Å². The Morgan fingerprint density at radius 2 is 1.79 bits per heavy atom. The van der Waals surface area contributed by atoms with Crippen LogP contribution in [0.25, 0.3) is 10.9 Å². The summed E-state index contributed by atoms with van der Waals surface area (Å²) in [4.78, 5) is 8.78. The molecule has 1 heterocycles. The van der Waals surface area contributed by atoms with Crippen LogP contribution >= 0.6 is 0 Å². The summed E-state index contributed by atoms with van der Waals surface area (Å²) < 4.78 is 29.8. The van der Waals surface area contributed by atoms with Gasteiger partial charge in [-0.1, -0.05) is 18.6 Å². The maximum atomic E-state index is 11.9. The van der Waals surface area contributed by atoms with E-state index >= 15 is 0 Å². The van der Waals surface area contributed by atoms with Gasteiger partial charge in [0.2, 0.25) is 0 Å². The molecule has 1 aromatic heterocycles. The number of nitrogens with zero attached hydrogens (tertiary/aromatic N) is 2. The van der Waals surface area contributed by atoms with Crippen LogP contribution in [-0.4, -0.2) is 30.7 Å². The number of sulfone groups is 1. The SMILES string of the molecule is CS(=O)(=O)c1ccc2ncnc(NCc3ccc(OC4CCCCC4)cc3)c2c1. The summed E-state index contributed by atoms with van der Waals surface area (Å²) in [5.74, 6) is 1.52. The second-order valence-electron chi connectivity index (χ2n) is 7.55. The molecule has 0 aliphatic heterocycles. The van der Waals surface area contributed by atoms with E-state index in [0.29, 0.717) is 29.4 Å². The maximum absolute atomic E-state index is 11.9. The molecule has 152 valence electrons. The van der Waals surface area contributed by atoms with Gasteiger partial charge in [0.15, 0.2) is 9.84 Å². The third-order valence-electron chi connectivity index (χ3n) is 5.27. The fourth-order valence-corrected chi connectivity index (χ4v) is 4.30. The molecule has 1 fully saturated rings. The van der Waals surface area contributed by atoms with Crippen molar-refractivity contribution < 1.29 is 13.2 Å². The summed E-state index contributed by atoms with van der Waals surface area (Å²) in [5.41, 5.74) is 1.79. The van der Waals surface area contributed by atoms with Crippen LogP contribution in [0.15, 0.2) is 53.7 Å². The lowest BCUT2D eigenvalue weighted by Crippen LogP contribution is -2.19. The van der Waals surface area contributed by atoms with E-state index in [4.69, 9.17) is 4.74 Å². The fourth-order valence-electron chi connectivity index (χ4n) is 3.65. The lowest BCUT2D eigenvalue weighted by Gasteiger charge is -2.23. The van der Waals surface area contributed by atoms with Gasteiger partial charge >= 0.3 is 0 Å². The van der Waals surface area contributed by atoms with E-state index in [2.05, 4.69) is 15.3 Å². The Kier molecular flexibility index (Phi) is 5.67. The highest BCUT2D eigenvalue weighted by atomic mass is 32.2. The lowest BCUT2D eigenvalue weighted by molar-refractivity contribution is 0.155. The Bertz CT molecular complexity index is 1090. The smallest absolute Gasteiger partial charge is 0.175 e. The van der Waals surface area contributed by atoms with Crippen molar-refractivity contribution in [1.29, 1.82) is 0 Å². The van der Waals surface area contributed by atoms with Gasteiger partial charge in [-0.05, 0) is 61.6 Å². The van der Waals surface area contributed by atoms with Gasteiger partial charge in [-0.15, -0.1) is 0 Å². The highest BCUT2D eigenvalue weighted by molar-refractivity contribution is 7.90. The highest BCUT2D eigenvalue weighted by Crippen LogP contribution is 2.25. The minimum atomic E-state index is -3.29. The van der Waals surface area contributed by atoms with Crippen molar-refractivity contribution in [1.82, 2.24) is 9.97 Å². The van der Waals surface area contributed by atoms with Crippen molar-refractivity contribution in [2.75, 3.05) is 11.6 Å². The standard InChI is InChI=1S/C22H25N3O3S/c1-29(26,27)19-11-12-21-20(13-19)22(25-15-24-21)23-14-16-7-9-18(10-8-16)28-17-5-3-2-4-6-17/h7-13,15,17H,2-6,14H2,1H3,(H,23,24,25). The molecule has 0 radical (unpaired) electrons. The second-order valence-corrected chi connectivity index (χ2v) is 9.56. The number of aromatic nitrogens is 2. The van der Waals surface area contributed by atoms with Crippen LogP contribution in [-0.2, 0) is 16.4 Å². The van der Waals surface area contributed by atoms with Gasteiger partial charge < -0.3 is 10.1 Å². The molecule has 0 saturated heterocycles. The Hall–Kier alpha value is -2.67. The van der Waals surface area contributed by atoms with E-state index in [0.717, 1.165) is 24.2 Å². The molecule has 0 spiro atoms. The predicted octanol–water partition coefficient (Wildman–Crippen LogP) is 4.36. The Morgan fingerprint density at radius 1 is 1.03 bits per heavy atom. The summed E-state index contributed by atoms with van der Waals surface area (Å²) >= 11 is 0. The van der Waals surface area contributed by atoms with Crippen molar-refractivity contribution in [2.24, 2.45) is 0 Å². The third-order valence-corrected chi connectivity index (χ3v) is 6.38. The number of anilines is 1. The molecule has 1 N–H and O–H groups in total. The van der Waals surface area contributed by atoms with Crippen LogP contribution in [0.1, 0.15) is 37.7 Å². The molecule has 0 bridgehead atoms. The Balaban J connectivity index is 1.46. The summed E-state index contributed by atoms with van der Waals surface area (Å²) in [5, 5.41) is 3.98. The molecule has 2 aromatic carbocycles. The summed E-state index contributed by atoms with van der Waals surface area (Å²) in [6, 6.07) is 13.0. The van der Waals surface area contributed by atoms with Gasteiger partial charge in [0.1, 0.15) is 17.9 Å².